The van der Waals surface area contributed by atoms with Crippen LogP contribution in [0.3, 0.4) is 0 Å². The van der Waals surface area contributed by atoms with Crippen molar-refractivity contribution >= 4 is 5.69 Å². The molecule has 0 radical (unpaired) electrons. The summed E-state index contributed by atoms with van der Waals surface area (Å²) in [6.07, 6.45) is 6.05. The lowest BCUT2D eigenvalue weighted by atomic mass is 10.1. The molecule has 0 heterocycles. The Bertz CT molecular complexity index is 425. The number of anilines is 1. The van der Waals surface area contributed by atoms with Gasteiger partial charge in [-0.25, -0.2) is 4.39 Å². The van der Waals surface area contributed by atoms with Gasteiger partial charge in [-0.15, -0.1) is 0 Å². The van der Waals surface area contributed by atoms with Gasteiger partial charge in [0, 0.05) is 18.3 Å². The fourth-order valence-electron chi connectivity index (χ4n) is 2.60. The van der Waals surface area contributed by atoms with Crippen molar-refractivity contribution in [2.24, 2.45) is 11.7 Å². The summed E-state index contributed by atoms with van der Waals surface area (Å²) in [5.74, 6) is 0.714. The Labute approximate surface area is 108 Å². The predicted molar refractivity (Wildman–Crippen MR) is 72.3 cm³/mol. The van der Waals surface area contributed by atoms with Crippen LogP contribution in [0, 0.1) is 11.7 Å². The molecule has 1 aromatic rings. The van der Waals surface area contributed by atoms with Crippen molar-refractivity contribution in [3.8, 4) is 0 Å². The summed E-state index contributed by atoms with van der Waals surface area (Å²) < 4.78 is 13.4. The van der Waals surface area contributed by atoms with Crippen LogP contribution in [0.15, 0.2) is 18.2 Å². The van der Waals surface area contributed by atoms with Gasteiger partial charge in [0.05, 0.1) is 0 Å². The molecule has 2 fully saturated rings. The maximum Gasteiger partial charge on any atom is 0.123 e. The molecule has 3 heteroatoms. The van der Waals surface area contributed by atoms with Crippen LogP contribution < -0.4 is 10.6 Å². The van der Waals surface area contributed by atoms with Gasteiger partial charge in [-0.2, -0.15) is 0 Å². The molecule has 2 N–H and O–H groups in total. The van der Waals surface area contributed by atoms with E-state index in [9.17, 15) is 4.39 Å². The summed E-state index contributed by atoms with van der Waals surface area (Å²) in [6.45, 7) is 1.73. The molecule has 18 heavy (non-hydrogen) atoms. The van der Waals surface area contributed by atoms with Crippen LogP contribution in [-0.2, 0) is 6.42 Å². The van der Waals surface area contributed by atoms with Gasteiger partial charge in [0.2, 0.25) is 0 Å². The first kappa shape index (κ1) is 12.0. The van der Waals surface area contributed by atoms with Gasteiger partial charge >= 0.3 is 0 Å². The topological polar surface area (TPSA) is 29.3 Å². The lowest BCUT2D eigenvalue weighted by Gasteiger charge is -2.27. The Balaban J connectivity index is 1.86. The average molecular weight is 248 g/mol. The molecule has 0 aromatic heterocycles. The summed E-state index contributed by atoms with van der Waals surface area (Å²) in [7, 11) is 0. The monoisotopic (exact) mass is 248 g/mol. The van der Waals surface area contributed by atoms with Crippen molar-refractivity contribution in [1.29, 1.82) is 0 Å². The van der Waals surface area contributed by atoms with Crippen molar-refractivity contribution in [2.75, 3.05) is 18.0 Å². The molecule has 0 amide bonds. The largest absolute Gasteiger partial charge is 0.368 e. The van der Waals surface area contributed by atoms with E-state index in [1.165, 1.54) is 31.4 Å². The summed E-state index contributed by atoms with van der Waals surface area (Å²) in [6, 6.07) is 5.87. The zero-order valence-corrected chi connectivity index (χ0v) is 10.7. The van der Waals surface area contributed by atoms with Gasteiger partial charge in [-0.3, -0.25) is 0 Å². The van der Waals surface area contributed by atoms with Crippen LogP contribution in [0.1, 0.15) is 31.2 Å². The van der Waals surface area contributed by atoms with Gasteiger partial charge in [0.15, 0.2) is 0 Å². The van der Waals surface area contributed by atoms with E-state index in [1.54, 1.807) is 12.1 Å². The molecule has 2 aliphatic rings. The summed E-state index contributed by atoms with van der Waals surface area (Å²) >= 11 is 0. The van der Waals surface area contributed by atoms with Crippen LogP contribution >= 0.6 is 0 Å². The second kappa shape index (κ2) is 4.88. The fraction of sp³-hybridized carbons (Fsp3) is 0.600. The average Bonchev–Trinajstić information content (AvgIpc) is 3.22. The van der Waals surface area contributed by atoms with E-state index in [-0.39, 0.29) is 5.82 Å². The molecular weight excluding hydrogens is 227 g/mol. The minimum atomic E-state index is -0.149. The fourth-order valence-corrected chi connectivity index (χ4v) is 2.60. The number of nitrogens with zero attached hydrogens (tertiary/aromatic N) is 1. The third-order valence-corrected chi connectivity index (χ3v) is 3.90. The van der Waals surface area contributed by atoms with E-state index in [2.05, 4.69) is 4.90 Å². The van der Waals surface area contributed by atoms with Crippen molar-refractivity contribution in [2.45, 2.75) is 38.1 Å². The van der Waals surface area contributed by atoms with Gasteiger partial charge in [-0.1, -0.05) is 0 Å². The maximum atomic E-state index is 13.4. The van der Waals surface area contributed by atoms with Crippen LogP contribution in [0.2, 0.25) is 0 Å². The molecule has 98 valence electrons. The Hall–Kier alpha value is -1.09. The number of halogens is 1. The molecule has 2 aliphatic carbocycles. The number of hydrogen-bond acceptors (Lipinski definition) is 2. The van der Waals surface area contributed by atoms with Gasteiger partial charge < -0.3 is 10.6 Å². The van der Waals surface area contributed by atoms with Crippen molar-refractivity contribution in [3.05, 3.63) is 29.6 Å². The molecule has 3 rings (SSSR count). The first-order chi connectivity index (χ1) is 8.78. The number of nitrogens with two attached hydrogens (primary N) is 1. The zero-order valence-electron chi connectivity index (χ0n) is 10.7. The van der Waals surface area contributed by atoms with E-state index in [0.717, 1.165) is 24.4 Å². The molecule has 0 spiro atoms. The first-order valence-electron chi connectivity index (χ1n) is 7.03. The van der Waals surface area contributed by atoms with Crippen LogP contribution in [0.25, 0.3) is 0 Å². The Kier molecular flexibility index (Phi) is 3.25. The van der Waals surface area contributed by atoms with Gasteiger partial charge in [-0.05, 0) is 68.3 Å². The second-order valence-corrected chi connectivity index (χ2v) is 5.64. The zero-order chi connectivity index (χ0) is 12.5. The highest BCUT2D eigenvalue weighted by molar-refractivity contribution is 5.56. The molecule has 0 unspecified atom stereocenters. The SMILES string of the molecule is NCCc1cc(F)ccc1N(CC1CC1)C1CC1. The van der Waals surface area contributed by atoms with E-state index < -0.39 is 0 Å². The van der Waals surface area contributed by atoms with Gasteiger partial charge in [0.25, 0.3) is 0 Å². The van der Waals surface area contributed by atoms with E-state index in [4.69, 9.17) is 5.73 Å². The third kappa shape index (κ3) is 2.66. The summed E-state index contributed by atoms with van der Waals surface area (Å²) in [5, 5.41) is 0. The number of rotatable bonds is 6. The highest BCUT2D eigenvalue weighted by Crippen LogP contribution is 2.39. The van der Waals surface area contributed by atoms with E-state index in [0.29, 0.717) is 12.6 Å². The summed E-state index contributed by atoms with van der Waals surface area (Å²) in [5.41, 5.74) is 7.94. The lowest BCUT2D eigenvalue weighted by Crippen LogP contribution is -2.29. The predicted octanol–water partition coefficient (Wildman–Crippen LogP) is 2.71. The molecule has 2 nitrogen and oxygen atoms in total. The van der Waals surface area contributed by atoms with Crippen LogP contribution in [0.4, 0.5) is 10.1 Å². The summed E-state index contributed by atoms with van der Waals surface area (Å²) in [4.78, 5) is 2.50. The first-order valence-corrected chi connectivity index (χ1v) is 7.03. The highest BCUT2D eigenvalue weighted by Gasteiger charge is 2.34. The van der Waals surface area contributed by atoms with E-state index in [1.807, 2.05) is 6.07 Å². The van der Waals surface area contributed by atoms with Crippen LogP contribution in [0.5, 0.6) is 0 Å². The minimum Gasteiger partial charge on any atom is -0.368 e. The minimum absolute atomic E-state index is 0.149. The molecular formula is C15H21FN2. The molecule has 0 atom stereocenters. The van der Waals surface area contributed by atoms with Crippen molar-refractivity contribution in [1.82, 2.24) is 0 Å². The Morgan fingerprint density at radius 2 is 2.00 bits per heavy atom. The smallest absolute Gasteiger partial charge is 0.123 e. The number of benzene rings is 1. The normalized spacial score (nSPS) is 19.0. The quantitative estimate of drug-likeness (QED) is 0.838. The van der Waals surface area contributed by atoms with Crippen molar-refractivity contribution < 1.29 is 4.39 Å². The highest BCUT2D eigenvalue weighted by atomic mass is 19.1. The van der Waals surface area contributed by atoms with Crippen molar-refractivity contribution in [3.63, 3.8) is 0 Å². The maximum absolute atomic E-state index is 13.4. The molecule has 2 saturated carbocycles. The molecule has 0 saturated heterocycles. The standard InChI is InChI=1S/C15H21FN2/c16-13-3-6-15(12(9-13)7-8-17)18(14-4-5-14)10-11-1-2-11/h3,6,9,11,14H,1-2,4-5,7-8,10,17H2. The van der Waals surface area contributed by atoms with E-state index >= 15 is 0 Å². The Morgan fingerprint density at radius 1 is 1.22 bits per heavy atom. The number of hydrogen-bond donors (Lipinski definition) is 1. The third-order valence-electron chi connectivity index (χ3n) is 3.90. The van der Waals surface area contributed by atoms with Gasteiger partial charge in [0.1, 0.15) is 5.82 Å². The lowest BCUT2D eigenvalue weighted by molar-refractivity contribution is 0.623. The molecule has 1 aromatic carbocycles. The Morgan fingerprint density at radius 3 is 2.61 bits per heavy atom. The molecule has 0 aliphatic heterocycles. The second-order valence-electron chi connectivity index (χ2n) is 5.64. The van der Waals surface area contributed by atoms with Crippen LogP contribution in [-0.4, -0.2) is 19.1 Å². The molecule has 0 bridgehead atoms.